The third-order valence-corrected chi connectivity index (χ3v) is 3.73. The molecule has 1 N–H and O–H groups in total. The van der Waals surface area contributed by atoms with Crippen molar-refractivity contribution in [2.75, 3.05) is 5.32 Å². The average Bonchev–Trinajstić information content (AvgIpc) is 2.32. The second kappa shape index (κ2) is 5.93. The van der Waals surface area contributed by atoms with Crippen molar-refractivity contribution in [3.8, 4) is 0 Å². The lowest BCUT2D eigenvalue weighted by Gasteiger charge is -2.17. The Kier molecular flexibility index (Phi) is 4.48. The lowest BCUT2D eigenvalue weighted by molar-refractivity contribution is 0.599. The summed E-state index contributed by atoms with van der Waals surface area (Å²) in [6, 6.07) is 10.7. The SMILES string of the molecule is Cc1ccc(NC(C)c2ccc(Br)cc2F)c(Cl)c1. The lowest BCUT2D eigenvalue weighted by atomic mass is 10.1. The first-order chi connectivity index (χ1) is 8.97. The van der Waals surface area contributed by atoms with Gasteiger partial charge >= 0.3 is 0 Å². The minimum absolute atomic E-state index is 0.159. The summed E-state index contributed by atoms with van der Waals surface area (Å²) in [4.78, 5) is 0. The maximum Gasteiger partial charge on any atom is 0.129 e. The minimum atomic E-state index is -0.238. The first-order valence-electron chi connectivity index (χ1n) is 5.95. The molecular weight excluding hydrogens is 329 g/mol. The van der Waals surface area contributed by atoms with E-state index >= 15 is 0 Å². The molecule has 0 saturated carbocycles. The highest BCUT2D eigenvalue weighted by Crippen LogP contribution is 2.28. The molecule has 1 atom stereocenters. The molecule has 0 saturated heterocycles. The van der Waals surface area contributed by atoms with E-state index in [0.717, 1.165) is 15.7 Å². The van der Waals surface area contributed by atoms with Gasteiger partial charge in [0.15, 0.2) is 0 Å². The smallest absolute Gasteiger partial charge is 0.129 e. The molecule has 0 heterocycles. The Morgan fingerprint density at radius 3 is 2.58 bits per heavy atom. The molecule has 0 bridgehead atoms. The molecule has 2 aromatic rings. The van der Waals surface area contributed by atoms with Gasteiger partial charge in [-0.3, -0.25) is 0 Å². The van der Waals surface area contributed by atoms with Crippen molar-refractivity contribution < 1.29 is 4.39 Å². The van der Waals surface area contributed by atoms with Gasteiger partial charge in [-0.2, -0.15) is 0 Å². The van der Waals surface area contributed by atoms with Crippen LogP contribution in [0.25, 0.3) is 0 Å². The van der Waals surface area contributed by atoms with Gasteiger partial charge in [0, 0.05) is 10.0 Å². The normalized spacial score (nSPS) is 12.3. The van der Waals surface area contributed by atoms with Gasteiger partial charge in [-0.05, 0) is 43.7 Å². The average molecular weight is 343 g/mol. The van der Waals surface area contributed by atoms with Crippen molar-refractivity contribution in [2.24, 2.45) is 0 Å². The van der Waals surface area contributed by atoms with Crippen LogP contribution in [-0.4, -0.2) is 0 Å². The number of rotatable bonds is 3. The third-order valence-electron chi connectivity index (χ3n) is 2.93. The molecule has 0 fully saturated rings. The molecule has 0 spiro atoms. The Hall–Kier alpha value is -1.06. The number of nitrogens with one attached hydrogen (secondary N) is 1. The summed E-state index contributed by atoms with van der Waals surface area (Å²) in [7, 11) is 0. The van der Waals surface area contributed by atoms with Gasteiger partial charge in [-0.25, -0.2) is 4.39 Å². The first-order valence-corrected chi connectivity index (χ1v) is 7.12. The van der Waals surface area contributed by atoms with Gasteiger partial charge in [-0.1, -0.05) is 39.7 Å². The van der Waals surface area contributed by atoms with Gasteiger partial charge in [0.1, 0.15) is 5.82 Å². The zero-order valence-corrected chi connectivity index (χ0v) is 13.0. The summed E-state index contributed by atoms with van der Waals surface area (Å²) in [6.07, 6.45) is 0. The van der Waals surface area contributed by atoms with Crippen molar-refractivity contribution in [3.05, 3.63) is 62.8 Å². The third kappa shape index (κ3) is 3.48. The topological polar surface area (TPSA) is 12.0 Å². The highest BCUT2D eigenvalue weighted by Gasteiger charge is 2.12. The maximum atomic E-state index is 13.9. The molecule has 0 aliphatic carbocycles. The molecule has 2 aromatic carbocycles. The highest BCUT2D eigenvalue weighted by molar-refractivity contribution is 9.10. The van der Waals surface area contributed by atoms with Crippen molar-refractivity contribution in [2.45, 2.75) is 19.9 Å². The largest absolute Gasteiger partial charge is 0.377 e. The number of halogens is 3. The number of hydrogen-bond donors (Lipinski definition) is 1. The Labute approximate surface area is 125 Å². The molecule has 0 aliphatic heterocycles. The highest BCUT2D eigenvalue weighted by atomic mass is 79.9. The molecule has 0 amide bonds. The second-order valence-electron chi connectivity index (χ2n) is 4.52. The van der Waals surface area contributed by atoms with Crippen molar-refractivity contribution >= 4 is 33.2 Å². The van der Waals surface area contributed by atoms with Gasteiger partial charge in [0.05, 0.1) is 16.8 Å². The molecule has 1 nitrogen and oxygen atoms in total. The predicted molar refractivity (Wildman–Crippen MR) is 82.3 cm³/mol. The summed E-state index contributed by atoms with van der Waals surface area (Å²) in [5.74, 6) is -0.238. The van der Waals surface area contributed by atoms with Crippen molar-refractivity contribution in [1.82, 2.24) is 0 Å². The Bertz CT molecular complexity index is 601. The summed E-state index contributed by atoms with van der Waals surface area (Å²) >= 11 is 9.41. The number of aryl methyl sites for hydroxylation is 1. The lowest BCUT2D eigenvalue weighted by Crippen LogP contribution is -2.09. The number of anilines is 1. The van der Waals surface area contributed by atoms with Crippen LogP contribution in [0.5, 0.6) is 0 Å². The van der Waals surface area contributed by atoms with E-state index in [0.29, 0.717) is 10.6 Å². The van der Waals surface area contributed by atoms with E-state index in [4.69, 9.17) is 11.6 Å². The zero-order valence-electron chi connectivity index (χ0n) is 10.7. The van der Waals surface area contributed by atoms with Crippen LogP contribution in [0.4, 0.5) is 10.1 Å². The molecule has 0 aromatic heterocycles. The van der Waals surface area contributed by atoms with Gasteiger partial charge in [-0.15, -0.1) is 0 Å². The molecule has 100 valence electrons. The Balaban J connectivity index is 2.23. The van der Waals surface area contributed by atoms with Crippen molar-refractivity contribution in [3.63, 3.8) is 0 Å². The fraction of sp³-hybridized carbons (Fsp3) is 0.200. The van der Waals surface area contributed by atoms with Crippen LogP contribution in [0, 0.1) is 12.7 Å². The second-order valence-corrected chi connectivity index (χ2v) is 5.84. The molecule has 2 rings (SSSR count). The number of benzene rings is 2. The Morgan fingerprint density at radius 2 is 1.95 bits per heavy atom. The van der Waals surface area contributed by atoms with Crippen LogP contribution < -0.4 is 5.32 Å². The van der Waals surface area contributed by atoms with E-state index in [1.807, 2.05) is 38.1 Å². The molecule has 0 radical (unpaired) electrons. The van der Waals surface area contributed by atoms with Gasteiger partial charge < -0.3 is 5.32 Å². The van der Waals surface area contributed by atoms with E-state index in [2.05, 4.69) is 21.2 Å². The molecule has 0 aliphatic rings. The Morgan fingerprint density at radius 1 is 1.21 bits per heavy atom. The van der Waals surface area contributed by atoms with Crippen LogP contribution in [0.15, 0.2) is 40.9 Å². The maximum absolute atomic E-state index is 13.9. The molecule has 1 unspecified atom stereocenters. The van der Waals surface area contributed by atoms with E-state index in [9.17, 15) is 4.39 Å². The summed E-state index contributed by atoms with van der Waals surface area (Å²) in [5, 5.41) is 3.87. The van der Waals surface area contributed by atoms with Crippen molar-refractivity contribution in [1.29, 1.82) is 0 Å². The van der Waals surface area contributed by atoms with E-state index in [1.54, 1.807) is 6.07 Å². The first kappa shape index (κ1) is 14.4. The summed E-state index contributed by atoms with van der Waals surface area (Å²) < 4.78 is 14.6. The quantitative estimate of drug-likeness (QED) is 0.752. The predicted octanol–water partition coefficient (Wildman–Crippen LogP) is 5.72. The van der Waals surface area contributed by atoms with E-state index < -0.39 is 0 Å². The van der Waals surface area contributed by atoms with Crippen LogP contribution >= 0.6 is 27.5 Å². The fourth-order valence-electron chi connectivity index (χ4n) is 1.90. The van der Waals surface area contributed by atoms with E-state index in [-0.39, 0.29) is 11.9 Å². The summed E-state index contributed by atoms with van der Waals surface area (Å²) in [5.41, 5.74) is 2.51. The molecular formula is C15H14BrClFN. The van der Waals surface area contributed by atoms with Crippen LogP contribution in [0.1, 0.15) is 24.1 Å². The zero-order chi connectivity index (χ0) is 14.0. The fourth-order valence-corrected chi connectivity index (χ4v) is 2.52. The molecule has 19 heavy (non-hydrogen) atoms. The van der Waals surface area contributed by atoms with E-state index in [1.165, 1.54) is 6.07 Å². The van der Waals surface area contributed by atoms with Gasteiger partial charge in [0.2, 0.25) is 0 Å². The van der Waals surface area contributed by atoms with Crippen LogP contribution in [0.3, 0.4) is 0 Å². The van der Waals surface area contributed by atoms with Gasteiger partial charge in [0.25, 0.3) is 0 Å². The van der Waals surface area contributed by atoms with Crippen LogP contribution in [0.2, 0.25) is 5.02 Å². The summed E-state index contributed by atoms with van der Waals surface area (Å²) in [6.45, 7) is 3.88. The van der Waals surface area contributed by atoms with Crippen LogP contribution in [-0.2, 0) is 0 Å². The minimum Gasteiger partial charge on any atom is -0.377 e. The number of hydrogen-bond acceptors (Lipinski definition) is 1. The monoisotopic (exact) mass is 341 g/mol. The molecule has 4 heteroatoms. The standard InChI is InChI=1S/C15H14BrClFN/c1-9-3-6-15(13(17)7-9)19-10(2)12-5-4-11(16)8-14(12)18/h3-8,10,19H,1-2H3.